The molecule has 3 nitrogen and oxygen atoms in total. The summed E-state index contributed by atoms with van der Waals surface area (Å²) < 4.78 is 0. The highest BCUT2D eigenvalue weighted by atomic mass is 16.5. The standard InChI is InChI=1S/C9H13NO2/c1-7-4-2-3-5-8(7)9(11)6-10-12/h2-5,9-12H,6H2,1H3. The van der Waals surface area contributed by atoms with Crippen LogP contribution in [0.3, 0.4) is 0 Å². The summed E-state index contributed by atoms with van der Waals surface area (Å²) in [6.07, 6.45) is -0.642. The molecule has 1 aromatic carbocycles. The number of aliphatic hydroxyl groups excluding tert-OH is 1. The van der Waals surface area contributed by atoms with Gasteiger partial charge in [0.05, 0.1) is 12.6 Å². The van der Waals surface area contributed by atoms with Crippen LogP contribution in [0, 0.1) is 6.92 Å². The van der Waals surface area contributed by atoms with Crippen molar-refractivity contribution in [2.75, 3.05) is 6.54 Å². The van der Waals surface area contributed by atoms with Crippen molar-refractivity contribution in [1.29, 1.82) is 0 Å². The van der Waals surface area contributed by atoms with E-state index in [0.29, 0.717) is 0 Å². The molecule has 0 aliphatic carbocycles. The van der Waals surface area contributed by atoms with Crippen LogP contribution in [-0.2, 0) is 0 Å². The lowest BCUT2D eigenvalue weighted by atomic mass is 10.0. The van der Waals surface area contributed by atoms with Gasteiger partial charge in [-0.25, -0.2) is 5.48 Å². The minimum atomic E-state index is -0.642. The number of aryl methyl sites for hydroxylation is 1. The third-order valence-electron chi connectivity index (χ3n) is 1.83. The molecule has 66 valence electrons. The fourth-order valence-corrected chi connectivity index (χ4v) is 1.16. The van der Waals surface area contributed by atoms with E-state index in [1.165, 1.54) is 0 Å². The molecule has 0 aromatic heterocycles. The van der Waals surface area contributed by atoms with Gasteiger partial charge in [-0.3, -0.25) is 0 Å². The summed E-state index contributed by atoms with van der Waals surface area (Å²) in [5.74, 6) is 0. The fraction of sp³-hybridized carbons (Fsp3) is 0.333. The predicted molar refractivity (Wildman–Crippen MR) is 45.9 cm³/mol. The molecule has 0 aliphatic rings. The average Bonchev–Trinajstić information content (AvgIpc) is 2.05. The molecule has 1 unspecified atom stereocenters. The Morgan fingerprint density at radius 3 is 2.67 bits per heavy atom. The van der Waals surface area contributed by atoms with Gasteiger partial charge in [0.25, 0.3) is 0 Å². The fourth-order valence-electron chi connectivity index (χ4n) is 1.16. The molecule has 0 saturated heterocycles. The maximum absolute atomic E-state index is 9.48. The predicted octanol–water partition coefficient (Wildman–Crippen LogP) is 1.01. The summed E-state index contributed by atoms with van der Waals surface area (Å²) in [5, 5.41) is 17.9. The van der Waals surface area contributed by atoms with E-state index in [1.807, 2.05) is 36.7 Å². The Bertz CT molecular complexity index is 250. The Morgan fingerprint density at radius 2 is 2.08 bits per heavy atom. The number of rotatable bonds is 3. The number of hydrogen-bond acceptors (Lipinski definition) is 3. The van der Waals surface area contributed by atoms with Crippen molar-refractivity contribution < 1.29 is 10.3 Å². The van der Waals surface area contributed by atoms with E-state index in [-0.39, 0.29) is 6.54 Å². The third-order valence-corrected chi connectivity index (χ3v) is 1.83. The van der Waals surface area contributed by atoms with Crippen LogP contribution in [0.5, 0.6) is 0 Å². The lowest BCUT2D eigenvalue weighted by Crippen LogP contribution is -2.17. The molecule has 0 aliphatic heterocycles. The summed E-state index contributed by atoms with van der Waals surface area (Å²) in [6, 6.07) is 7.55. The maximum atomic E-state index is 9.48. The molecular weight excluding hydrogens is 154 g/mol. The van der Waals surface area contributed by atoms with Crippen LogP contribution in [0.2, 0.25) is 0 Å². The smallest absolute Gasteiger partial charge is 0.0940 e. The van der Waals surface area contributed by atoms with Crippen molar-refractivity contribution in [3.63, 3.8) is 0 Å². The Labute approximate surface area is 71.6 Å². The normalized spacial score (nSPS) is 12.9. The van der Waals surface area contributed by atoms with Crippen LogP contribution in [0.4, 0.5) is 0 Å². The largest absolute Gasteiger partial charge is 0.387 e. The highest BCUT2D eigenvalue weighted by Crippen LogP contribution is 2.15. The van der Waals surface area contributed by atoms with Crippen molar-refractivity contribution in [3.8, 4) is 0 Å². The molecule has 3 heteroatoms. The highest BCUT2D eigenvalue weighted by Gasteiger charge is 2.07. The topological polar surface area (TPSA) is 52.5 Å². The van der Waals surface area contributed by atoms with Gasteiger partial charge in [-0.2, -0.15) is 0 Å². The first-order valence-electron chi connectivity index (χ1n) is 3.86. The molecule has 0 fully saturated rings. The van der Waals surface area contributed by atoms with Crippen molar-refractivity contribution in [3.05, 3.63) is 35.4 Å². The molecule has 0 heterocycles. The zero-order chi connectivity index (χ0) is 8.97. The van der Waals surface area contributed by atoms with Crippen LogP contribution >= 0.6 is 0 Å². The molecule has 0 amide bonds. The molecule has 0 spiro atoms. The zero-order valence-electron chi connectivity index (χ0n) is 6.99. The van der Waals surface area contributed by atoms with E-state index in [9.17, 15) is 5.11 Å². The molecule has 0 bridgehead atoms. The van der Waals surface area contributed by atoms with E-state index in [1.54, 1.807) is 0 Å². The zero-order valence-corrected chi connectivity index (χ0v) is 6.99. The summed E-state index contributed by atoms with van der Waals surface area (Å²) in [5.41, 5.74) is 3.82. The van der Waals surface area contributed by atoms with Gasteiger partial charge in [-0.05, 0) is 18.1 Å². The van der Waals surface area contributed by atoms with Crippen molar-refractivity contribution in [1.82, 2.24) is 5.48 Å². The van der Waals surface area contributed by atoms with E-state index >= 15 is 0 Å². The van der Waals surface area contributed by atoms with Gasteiger partial charge in [0.1, 0.15) is 0 Å². The second-order valence-corrected chi connectivity index (χ2v) is 2.73. The summed E-state index contributed by atoms with van der Waals surface area (Å²) in [6.45, 7) is 2.08. The van der Waals surface area contributed by atoms with Gasteiger partial charge in [0.15, 0.2) is 0 Å². The summed E-state index contributed by atoms with van der Waals surface area (Å²) in [7, 11) is 0. The van der Waals surface area contributed by atoms with E-state index in [2.05, 4.69) is 0 Å². The second kappa shape index (κ2) is 4.21. The van der Waals surface area contributed by atoms with Crippen molar-refractivity contribution in [2.45, 2.75) is 13.0 Å². The van der Waals surface area contributed by atoms with Gasteiger partial charge in [0, 0.05) is 0 Å². The van der Waals surface area contributed by atoms with Gasteiger partial charge < -0.3 is 10.3 Å². The second-order valence-electron chi connectivity index (χ2n) is 2.73. The Balaban J connectivity index is 2.79. The first-order chi connectivity index (χ1) is 5.75. The first kappa shape index (κ1) is 9.19. The van der Waals surface area contributed by atoms with Crippen LogP contribution in [0.1, 0.15) is 17.2 Å². The minimum Gasteiger partial charge on any atom is -0.387 e. The number of aliphatic hydroxyl groups is 1. The molecular formula is C9H13NO2. The maximum Gasteiger partial charge on any atom is 0.0940 e. The van der Waals surface area contributed by atoms with Crippen LogP contribution in [0.25, 0.3) is 0 Å². The van der Waals surface area contributed by atoms with Crippen LogP contribution < -0.4 is 5.48 Å². The quantitative estimate of drug-likeness (QED) is 0.589. The number of nitrogens with one attached hydrogen (secondary N) is 1. The lowest BCUT2D eigenvalue weighted by molar-refractivity contribution is 0.0918. The molecule has 1 atom stereocenters. The average molecular weight is 167 g/mol. The monoisotopic (exact) mass is 167 g/mol. The molecule has 1 aromatic rings. The number of hydrogen-bond donors (Lipinski definition) is 3. The molecule has 0 radical (unpaired) electrons. The van der Waals surface area contributed by atoms with Gasteiger partial charge in [0.2, 0.25) is 0 Å². The Kier molecular flexibility index (Phi) is 3.22. The van der Waals surface area contributed by atoms with Crippen molar-refractivity contribution >= 4 is 0 Å². The van der Waals surface area contributed by atoms with Crippen molar-refractivity contribution in [2.24, 2.45) is 0 Å². The number of hydroxylamine groups is 1. The summed E-state index contributed by atoms with van der Waals surface area (Å²) >= 11 is 0. The van der Waals surface area contributed by atoms with Gasteiger partial charge in [-0.1, -0.05) is 24.3 Å². The summed E-state index contributed by atoms with van der Waals surface area (Å²) in [4.78, 5) is 0. The van der Waals surface area contributed by atoms with E-state index in [4.69, 9.17) is 5.21 Å². The highest BCUT2D eigenvalue weighted by molar-refractivity contribution is 5.27. The third kappa shape index (κ3) is 2.04. The van der Waals surface area contributed by atoms with E-state index in [0.717, 1.165) is 11.1 Å². The Hall–Kier alpha value is -0.900. The molecule has 12 heavy (non-hydrogen) atoms. The van der Waals surface area contributed by atoms with Gasteiger partial charge in [-0.15, -0.1) is 0 Å². The molecule has 3 N–H and O–H groups in total. The Morgan fingerprint density at radius 1 is 1.42 bits per heavy atom. The minimum absolute atomic E-state index is 0.158. The van der Waals surface area contributed by atoms with E-state index < -0.39 is 6.10 Å². The first-order valence-corrected chi connectivity index (χ1v) is 3.86. The number of benzene rings is 1. The molecule has 1 rings (SSSR count). The van der Waals surface area contributed by atoms with Gasteiger partial charge >= 0.3 is 0 Å². The molecule has 0 saturated carbocycles. The SMILES string of the molecule is Cc1ccccc1C(O)CNO. The lowest BCUT2D eigenvalue weighted by Gasteiger charge is -2.11. The van der Waals surface area contributed by atoms with Crippen LogP contribution in [-0.4, -0.2) is 16.9 Å². The van der Waals surface area contributed by atoms with Crippen LogP contribution in [0.15, 0.2) is 24.3 Å².